The Balaban J connectivity index is 2.22. The smallest absolute Gasteiger partial charge is 0.358 e. The minimum Gasteiger partial charge on any atom is -0.476 e. The van der Waals surface area contributed by atoms with Crippen molar-refractivity contribution in [2.75, 3.05) is 0 Å². The molecule has 0 bridgehead atoms. The molecule has 0 aliphatic carbocycles. The molecular weight excluding hydrogens is 401 g/mol. The van der Waals surface area contributed by atoms with Crippen LogP contribution < -0.4 is 0 Å². The van der Waals surface area contributed by atoms with Crippen LogP contribution in [-0.2, 0) is 0 Å². The molecule has 4 nitrogen and oxygen atoms in total. The highest BCUT2D eigenvalue weighted by atomic mass is 127. The first-order chi connectivity index (χ1) is 10.1. The number of aromatic carboxylic acids is 1. The van der Waals surface area contributed by atoms with E-state index in [-0.39, 0.29) is 5.69 Å². The minimum atomic E-state index is -1.09. The van der Waals surface area contributed by atoms with Crippen molar-refractivity contribution in [2.45, 2.75) is 6.92 Å². The molecule has 0 atom stereocenters. The third-order valence-corrected chi connectivity index (χ3v) is 5.29. The summed E-state index contributed by atoms with van der Waals surface area (Å²) in [5, 5.41) is 11.3. The highest BCUT2D eigenvalue weighted by Gasteiger charge is 2.23. The molecule has 2 aromatic heterocycles. The number of nitrogens with zero attached hydrogens (tertiary/aromatic N) is 1. The summed E-state index contributed by atoms with van der Waals surface area (Å²) in [5.41, 5.74) is 1.77. The Kier molecular flexibility index (Phi) is 3.81. The van der Waals surface area contributed by atoms with Crippen molar-refractivity contribution in [1.82, 2.24) is 4.98 Å². The molecule has 3 aromatic rings. The number of carboxylic acids is 1. The number of hydrogen-bond donors (Lipinski definition) is 1. The van der Waals surface area contributed by atoms with Gasteiger partial charge in [0.1, 0.15) is 0 Å². The second-order valence-corrected chi connectivity index (χ2v) is 6.44. The number of halogens is 1. The van der Waals surface area contributed by atoms with Gasteiger partial charge in [0, 0.05) is 9.13 Å². The Bertz CT molecular complexity index is 808. The molecular formula is C15H10INO3S. The van der Waals surface area contributed by atoms with E-state index in [2.05, 4.69) is 27.6 Å². The molecule has 1 aromatic carbocycles. The average Bonchev–Trinajstić information content (AvgIpc) is 3.09. The van der Waals surface area contributed by atoms with Crippen LogP contribution in [0.4, 0.5) is 0 Å². The van der Waals surface area contributed by atoms with Gasteiger partial charge in [-0.15, -0.1) is 11.3 Å². The van der Waals surface area contributed by atoms with Crippen LogP contribution in [0.25, 0.3) is 22.1 Å². The van der Waals surface area contributed by atoms with Crippen LogP contribution in [0, 0.1) is 10.5 Å². The Hall–Kier alpha value is -1.67. The molecule has 0 unspecified atom stereocenters. The minimum absolute atomic E-state index is 0.0538. The van der Waals surface area contributed by atoms with E-state index in [0.29, 0.717) is 11.7 Å². The summed E-state index contributed by atoms with van der Waals surface area (Å²) in [7, 11) is 0. The summed E-state index contributed by atoms with van der Waals surface area (Å²) < 4.78 is 6.72. The SMILES string of the molecule is Cc1cccc(-c2oc(-c3cccs3)nc2C(=O)O)c1I. The first-order valence-corrected chi connectivity index (χ1v) is 8.07. The molecule has 0 amide bonds. The van der Waals surface area contributed by atoms with E-state index in [9.17, 15) is 9.90 Å². The third-order valence-electron chi connectivity index (χ3n) is 3.00. The zero-order valence-corrected chi connectivity index (χ0v) is 13.9. The Morgan fingerprint density at radius 1 is 1.33 bits per heavy atom. The van der Waals surface area contributed by atoms with Crippen LogP contribution in [0.1, 0.15) is 16.1 Å². The van der Waals surface area contributed by atoms with Crippen LogP contribution in [0.3, 0.4) is 0 Å². The molecule has 0 aliphatic heterocycles. The summed E-state index contributed by atoms with van der Waals surface area (Å²) in [6, 6.07) is 9.43. The quantitative estimate of drug-likeness (QED) is 0.636. The lowest BCUT2D eigenvalue weighted by atomic mass is 10.1. The van der Waals surface area contributed by atoms with E-state index >= 15 is 0 Å². The van der Waals surface area contributed by atoms with Crippen LogP contribution in [0.2, 0.25) is 0 Å². The second kappa shape index (κ2) is 5.61. The Morgan fingerprint density at radius 2 is 2.14 bits per heavy atom. The maximum Gasteiger partial charge on any atom is 0.358 e. The van der Waals surface area contributed by atoms with Gasteiger partial charge in [-0.1, -0.05) is 24.3 Å². The van der Waals surface area contributed by atoms with E-state index in [4.69, 9.17) is 4.42 Å². The largest absolute Gasteiger partial charge is 0.476 e. The lowest BCUT2D eigenvalue weighted by Gasteiger charge is -2.04. The first kappa shape index (κ1) is 14.3. The van der Waals surface area contributed by atoms with Crippen molar-refractivity contribution >= 4 is 39.9 Å². The molecule has 0 spiro atoms. The van der Waals surface area contributed by atoms with Crippen molar-refractivity contribution in [1.29, 1.82) is 0 Å². The van der Waals surface area contributed by atoms with Gasteiger partial charge in [0.05, 0.1) is 4.88 Å². The summed E-state index contributed by atoms with van der Waals surface area (Å²) >= 11 is 3.65. The van der Waals surface area contributed by atoms with E-state index in [1.54, 1.807) is 0 Å². The van der Waals surface area contributed by atoms with Crippen LogP contribution in [-0.4, -0.2) is 16.1 Å². The van der Waals surface area contributed by atoms with Gasteiger partial charge in [-0.05, 0) is 46.5 Å². The summed E-state index contributed by atoms with van der Waals surface area (Å²) in [4.78, 5) is 16.4. The first-order valence-electron chi connectivity index (χ1n) is 6.11. The summed E-state index contributed by atoms with van der Waals surface area (Å²) in [6.07, 6.45) is 0. The van der Waals surface area contributed by atoms with Crippen molar-refractivity contribution in [3.8, 4) is 22.1 Å². The monoisotopic (exact) mass is 411 g/mol. The Morgan fingerprint density at radius 3 is 2.81 bits per heavy atom. The van der Waals surface area contributed by atoms with Crippen LogP contribution >= 0.6 is 33.9 Å². The van der Waals surface area contributed by atoms with E-state index in [1.165, 1.54) is 11.3 Å². The fourth-order valence-electron chi connectivity index (χ4n) is 1.98. The van der Waals surface area contributed by atoms with E-state index < -0.39 is 5.97 Å². The van der Waals surface area contributed by atoms with Gasteiger partial charge in [-0.25, -0.2) is 9.78 Å². The topological polar surface area (TPSA) is 63.3 Å². The molecule has 0 saturated carbocycles. The highest BCUT2D eigenvalue weighted by Crippen LogP contribution is 2.34. The van der Waals surface area contributed by atoms with Crippen molar-refractivity contribution in [2.24, 2.45) is 0 Å². The summed E-state index contributed by atoms with van der Waals surface area (Å²) in [6.45, 7) is 1.97. The lowest BCUT2D eigenvalue weighted by molar-refractivity contribution is 0.0691. The number of thiophene rings is 1. The maximum absolute atomic E-state index is 11.5. The van der Waals surface area contributed by atoms with Crippen LogP contribution in [0.5, 0.6) is 0 Å². The second-order valence-electron chi connectivity index (χ2n) is 4.42. The van der Waals surface area contributed by atoms with Gasteiger partial charge in [-0.2, -0.15) is 0 Å². The number of carboxylic acid groups (broad SMARTS) is 1. The molecule has 0 radical (unpaired) electrons. The number of rotatable bonds is 3. The van der Waals surface area contributed by atoms with Crippen molar-refractivity contribution in [3.63, 3.8) is 0 Å². The van der Waals surface area contributed by atoms with E-state index in [0.717, 1.165) is 19.6 Å². The normalized spacial score (nSPS) is 10.8. The van der Waals surface area contributed by atoms with Crippen LogP contribution in [0.15, 0.2) is 40.1 Å². The van der Waals surface area contributed by atoms with E-state index in [1.807, 2.05) is 42.6 Å². The van der Waals surface area contributed by atoms with Crippen molar-refractivity contribution < 1.29 is 14.3 Å². The van der Waals surface area contributed by atoms with Gasteiger partial charge in [0.2, 0.25) is 5.89 Å². The standard InChI is InChI=1S/C15H10INO3S/c1-8-4-2-5-9(11(8)16)13-12(15(18)19)17-14(20-13)10-6-3-7-21-10/h2-7H,1H3,(H,18,19). The predicted octanol–water partition coefficient (Wildman–Crippen LogP) is 4.68. The molecule has 0 saturated heterocycles. The number of benzene rings is 1. The zero-order chi connectivity index (χ0) is 15.0. The molecule has 0 fully saturated rings. The van der Waals surface area contributed by atoms with Gasteiger partial charge in [0.25, 0.3) is 0 Å². The fraction of sp³-hybridized carbons (Fsp3) is 0.0667. The molecule has 1 N–H and O–H groups in total. The molecule has 3 rings (SSSR count). The molecule has 21 heavy (non-hydrogen) atoms. The molecule has 2 heterocycles. The number of aromatic nitrogens is 1. The number of hydrogen-bond acceptors (Lipinski definition) is 4. The number of carbonyl (C=O) groups is 1. The molecule has 106 valence electrons. The van der Waals surface area contributed by atoms with Crippen molar-refractivity contribution in [3.05, 3.63) is 50.5 Å². The molecule has 6 heteroatoms. The summed E-state index contributed by atoms with van der Waals surface area (Å²) in [5.74, 6) is -0.442. The van der Waals surface area contributed by atoms with Gasteiger partial charge in [0.15, 0.2) is 11.5 Å². The van der Waals surface area contributed by atoms with Gasteiger partial charge in [-0.3, -0.25) is 0 Å². The fourth-order valence-corrected chi connectivity index (χ4v) is 3.23. The Labute approximate surface area is 138 Å². The van der Waals surface area contributed by atoms with Gasteiger partial charge >= 0.3 is 5.97 Å². The predicted molar refractivity (Wildman–Crippen MR) is 89.7 cm³/mol. The number of oxazole rings is 1. The average molecular weight is 411 g/mol. The highest BCUT2D eigenvalue weighted by molar-refractivity contribution is 14.1. The third kappa shape index (κ3) is 2.60. The molecule has 0 aliphatic rings. The zero-order valence-electron chi connectivity index (χ0n) is 11.0. The number of aryl methyl sites for hydroxylation is 1. The van der Waals surface area contributed by atoms with Gasteiger partial charge < -0.3 is 9.52 Å². The lowest BCUT2D eigenvalue weighted by Crippen LogP contribution is -1.99. The maximum atomic E-state index is 11.5.